The number of aliphatic hydroxyl groups excluding tert-OH is 1. The van der Waals surface area contributed by atoms with Crippen LogP contribution in [0.3, 0.4) is 0 Å². The molecule has 0 aliphatic carbocycles. The van der Waals surface area contributed by atoms with Crippen molar-refractivity contribution in [3.63, 3.8) is 0 Å². The average Bonchev–Trinajstić information content (AvgIpc) is 2.55. The predicted octanol–water partition coefficient (Wildman–Crippen LogP) is 7.71. The van der Waals surface area contributed by atoms with Crippen LogP contribution in [0.15, 0.2) is 59.3 Å². The van der Waals surface area contributed by atoms with Crippen LogP contribution >= 0.6 is 0 Å². The highest BCUT2D eigenvalue weighted by molar-refractivity contribution is 5.10. The van der Waals surface area contributed by atoms with E-state index in [-0.39, 0.29) is 12.0 Å². The Bertz CT molecular complexity index is 522. The van der Waals surface area contributed by atoms with E-state index in [2.05, 4.69) is 72.4 Å². The van der Waals surface area contributed by atoms with Gasteiger partial charge in [-0.1, -0.05) is 73.1 Å². The van der Waals surface area contributed by atoms with Gasteiger partial charge in [-0.25, -0.2) is 0 Å². The van der Waals surface area contributed by atoms with Crippen LogP contribution in [0.25, 0.3) is 0 Å². The highest BCUT2D eigenvalue weighted by atomic mass is 16.2. The summed E-state index contributed by atoms with van der Waals surface area (Å²) >= 11 is 0. The van der Waals surface area contributed by atoms with Crippen LogP contribution in [0.5, 0.6) is 0 Å². The lowest BCUT2D eigenvalue weighted by Crippen LogP contribution is -2.07. The van der Waals surface area contributed by atoms with E-state index in [1.165, 1.54) is 22.3 Å². The maximum absolute atomic E-state index is 8.88. The molecule has 0 aliphatic rings. The van der Waals surface area contributed by atoms with Crippen LogP contribution in [0.4, 0.5) is 0 Å². The number of aliphatic hydroxyl groups is 1. The third-order valence-corrected chi connectivity index (χ3v) is 4.67. The molecule has 0 unspecified atom stereocenters. The Morgan fingerprint density at radius 3 is 2.12 bits per heavy atom. The molecule has 0 fully saturated rings. The first-order valence-electron chi connectivity index (χ1n) is 10.1. The molecule has 0 atom stereocenters. The Balaban J connectivity index is 4.18. The summed E-state index contributed by atoms with van der Waals surface area (Å²) in [5, 5.41) is 8.88. The second-order valence-corrected chi connectivity index (χ2v) is 8.49. The molecule has 0 aliphatic heterocycles. The zero-order chi connectivity index (χ0) is 20.0. The van der Waals surface area contributed by atoms with Crippen molar-refractivity contribution in [1.29, 1.82) is 0 Å². The summed E-state index contributed by atoms with van der Waals surface area (Å²) in [7, 11) is 0. The molecule has 0 heterocycles. The van der Waals surface area contributed by atoms with Gasteiger partial charge in [-0.05, 0) is 78.1 Å². The quantitative estimate of drug-likeness (QED) is 0.334. The van der Waals surface area contributed by atoms with Crippen LogP contribution in [0.1, 0.15) is 86.5 Å². The van der Waals surface area contributed by atoms with Gasteiger partial charge in [-0.3, -0.25) is 0 Å². The van der Waals surface area contributed by atoms with Gasteiger partial charge >= 0.3 is 0 Å². The minimum absolute atomic E-state index is 0.145. The third kappa shape index (κ3) is 15.0. The Kier molecular flexibility index (Phi) is 13.1. The fraction of sp³-hybridized carbons (Fsp3) is 0.600. The number of hydrogen-bond donors (Lipinski definition) is 1. The molecular formula is C25H42O. The minimum Gasteiger partial charge on any atom is -0.392 e. The summed E-state index contributed by atoms with van der Waals surface area (Å²) in [5.41, 5.74) is 5.66. The first kappa shape index (κ1) is 24.7. The molecule has 0 saturated heterocycles. The molecule has 0 rings (SSSR count). The molecule has 26 heavy (non-hydrogen) atoms. The summed E-state index contributed by atoms with van der Waals surface area (Å²) in [6.45, 7) is 17.6. The van der Waals surface area contributed by atoms with Crippen LogP contribution in [0, 0.1) is 5.41 Å². The maximum atomic E-state index is 8.88. The van der Waals surface area contributed by atoms with Crippen LogP contribution in [-0.4, -0.2) is 11.7 Å². The number of rotatable bonds is 13. The van der Waals surface area contributed by atoms with Gasteiger partial charge < -0.3 is 5.11 Å². The van der Waals surface area contributed by atoms with E-state index >= 15 is 0 Å². The molecular weight excluding hydrogens is 316 g/mol. The van der Waals surface area contributed by atoms with Gasteiger partial charge in [0.2, 0.25) is 0 Å². The van der Waals surface area contributed by atoms with E-state index in [1.807, 2.05) is 6.08 Å². The van der Waals surface area contributed by atoms with Crippen molar-refractivity contribution in [2.45, 2.75) is 86.5 Å². The van der Waals surface area contributed by atoms with E-state index in [4.69, 9.17) is 5.11 Å². The smallest absolute Gasteiger partial charge is 0.0614 e. The Hall–Kier alpha value is -1.34. The van der Waals surface area contributed by atoms with E-state index < -0.39 is 0 Å². The molecule has 0 radical (unpaired) electrons. The van der Waals surface area contributed by atoms with E-state index in [1.54, 1.807) is 0 Å². The topological polar surface area (TPSA) is 20.2 Å². The highest BCUT2D eigenvalue weighted by Crippen LogP contribution is 2.27. The molecule has 0 saturated carbocycles. The fourth-order valence-corrected chi connectivity index (χ4v) is 2.66. The molecule has 0 amide bonds. The maximum Gasteiger partial charge on any atom is 0.0614 e. The SMILES string of the molecule is C=C(C/C=C(\C)CCC=C(C)C)CCC(C)(C)/C=C/CCC(C)=CCO. The zero-order valence-electron chi connectivity index (χ0n) is 18.2. The van der Waals surface area contributed by atoms with Gasteiger partial charge in [0, 0.05) is 0 Å². The lowest BCUT2D eigenvalue weighted by molar-refractivity contribution is 0.341. The van der Waals surface area contributed by atoms with Crippen LogP contribution in [0.2, 0.25) is 0 Å². The lowest BCUT2D eigenvalue weighted by Gasteiger charge is -2.20. The van der Waals surface area contributed by atoms with E-state index in [0.29, 0.717) is 0 Å². The standard InChI is InChI=1S/C25H42O/c1-21(2)11-10-13-22(3)14-15-24(5)16-19-25(6,7)18-9-8-12-23(4)17-20-26/h9,11,14,17-18,26H,5,8,10,12-13,15-16,19-20H2,1-4,6-7H3/b18-9+,22-14+,23-17?. The van der Waals surface area contributed by atoms with Crippen molar-refractivity contribution in [2.75, 3.05) is 6.61 Å². The van der Waals surface area contributed by atoms with Gasteiger partial charge in [0.15, 0.2) is 0 Å². The Morgan fingerprint density at radius 1 is 0.885 bits per heavy atom. The van der Waals surface area contributed by atoms with Gasteiger partial charge in [-0.15, -0.1) is 0 Å². The zero-order valence-corrected chi connectivity index (χ0v) is 18.2. The molecule has 1 heteroatoms. The molecule has 1 nitrogen and oxygen atoms in total. The van der Waals surface area contributed by atoms with E-state index in [0.717, 1.165) is 44.9 Å². The molecule has 0 aromatic heterocycles. The number of allylic oxidation sites excluding steroid dienone is 8. The van der Waals surface area contributed by atoms with Gasteiger partial charge in [0.1, 0.15) is 0 Å². The first-order chi connectivity index (χ1) is 12.2. The molecule has 148 valence electrons. The molecule has 0 bridgehead atoms. The molecule has 0 aromatic carbocycles. The minimum atomic E-state index is 0.145. The van der Waals surface area contributed by atoms with Gasteiger partial charge in [-0.2, -0.15) is 0 Å². The Labute approximate surface area is 163 Å². The number of hydrogen-bond acceptors (Lipinski definition) is 1. The fourth-order valence-electron chi connectivity index (χ4n) is 2.66. The monoisotopic (exact) mass is 358 g/mol. The van der Waals surface area contributed by atoms with Crippen LogP contribution < -0.4 is 0 Å². The molecule has 1 N–H and O–H groups in total. The summed E-state index contributed by atoms with van der Waals surface area (Å²) in [6.07, 6.45) is 18.7. The van der Waals surface area contributed by atoms with Crippen molar-refractivity contribution < 1.29 is 5.11 Å². The van der Waals surface area contributed by atoms with Crippen LogP contribution in [-0.2, 0) is 0 Å². The lowest BCUT2D eigenvalue weighted by atomic mass is 9.85. The van der Waals surface area contributed by atoms with Crippen molar-refractivity contribution in [3.05, 3.63) is 59.3 Å². The normalized spacial score (nSPS) is 13.3. The summed E-state index contributed by atoms with van der Waals surface area (Å²) < 4.78 is 0. The van der Waals surface area contributed by atoms with Gasteiger partial charge in [0.05, 0.1) is 6.61 Å². The average molecular weight is 359 g/mol. The van der Waals surface area contributed by atoms with E-state index in [9.17, 15) is 0 Å². The van der Waals surface area contributed by atoms with Gasteiger partial charge in [0.25, 0.3) is 0 Å². The van der Waals surface area contributed by atoms with Crippen molar-refractivity contribution in [2.24, 2.45) is 5.41 Å². The van der Waals surface area contributed by atoms with Crippen molar-refractivity contribution in [3.8, 4) is 0 Å². The largest absolute Gasteiger partial charge is 0.392 e. The summed E-state index contributed by atoms with van der Waals surface area (Å²) in [4.78, 5) is 0. The van der Waals surface area contributed by atoms with Crippen molar-refractivity contribution in [1.82, 2.24) is 0 Å². The Morgan fingerprint density at radius 2 is 1.50 bits per heavy atom. The first-order valence-corrected chi connectivity index (χ1v) is 10.1. The second kappa shape index (κ2) is 13.8. The summed E-state index contributed by atoms with van der Waals surface area (Å²) in [5.74, 6) is 0. The summed E-state index contributed by atoms with van der Waals surface area (Å²) in [6, 6.07) is 0. The predicted molar refractivity (Wildman–Crippen MR) is 118 cm³/mol. The second-order valence-electron chi connectivity index (χ2n) is 8.49. The molecule has 0 spiro atoms. The molecule has 0 aromatic rings. The highest BCUT2D eigenvalue weighted by Gasteiger charge is 2.13. The van der Waals surface area contributed by atoms with Crippen molar-refractivity contribution >= 4 is 0 Å². The third-order valence-electron chi connectivity index (χ3n) is 4.67.